The van der Waals surface area contributed by atoms with Gasteiger partial charge in [-0.25, -0.2) is 0 Å². The first kappa shape index (κ1) is 32.5. The molecule has 0 radical (unpaired) electrons. The summed E-state index contributed by atoms with van der Waals surface area (Å²) in [6.45, 7) is 1.82. The highest BCUT2D eigenvalue weighted by Crippen LogP contribution is 2.44. The molecule has 0 amide bonds. The minimum Gasteiger partial charge on any atom is -0.309 e. The summed E-state index contributed by atoms with van der Waals surface area (Å²) in [4.78, 5) is 0. The molecule has 0 aliphatic rings. The second kappa shape index (κ2) is 11.1. The Morgan fingerprint density at radius 3 is 1.29 bits per heavy atom. The predicted octanol–water partition coefficient (Wildman–Crippen LogP) is 12.9. The van der Waals surface area contributed by atoms with Crippen molar-refractivity contribution < 1.29 is 39.5 Å². The van der Waals surface area contributed by atoms with Gasteiger partial charge in [-0.2, -0.15) is 39.5 Å². The molecule has 0 fully saturated rings. The van der Waals surface area contributed by atoms with Crippen LogP contribution >= 0.6 is 0 Å². The third kappa shape index (κ3) is 5.30. The lowest BCUT2D eigenvalue weighted by molar-refractivity contribution is -0.138. The number of aromatic nitrogens is 2. The molecule has 6 aromatic carbocycles. The molecule has 0 spiro atoms. The van der Waals surface area contributed by atoms with Crippen LogP contribution in [0.4, 0.5) is 39.5 Å². The Morgan fingerprint density at radius 1 is 0.392 bits per heavy atom. The summed E-state index contributed by atoms with van der Waals surface area (Å²) in [7, 11) is 0. The SMILES string of the molecule is Cc1ccc2c3ccccc3n(-c3cc(-c4ccc(C(F)(F)F)c(-n5c6ccccc6c6ccc(C(F)(F)F)cc65)c4)ccc3C(F)(F)F)c2c1. The Morgan fingerprint density at radius 2 is 0.824 bits per heavy atom. The van der Waals surface area contributed by atoms with E-state index in [0.717, 1.165) is 51.9 Å². The van der Waals surface area contributed by atoms with Crippen molar-refractivity contribution in [3.8, 4) is 22.5 Å². The Balaban J connectivity index is 1.43. The zero-order valence-electron chi connectivity index (χ0n) is 26.3. The Labute approximate surface area is 283 Å². The first-order valence-electron chi connectivity index (χ1n) is 15.6. The van der Waals surface area contributed by atoms with Crippen LogP contribution in [0.2, 0.25) is 0 Å². The molecule has 11 heteroatoms. The van der Waals surface area contributed by atoms with Crippen LogP contribution in [-0.2, 0) is 18.5 Å². The number of fused-ring (bicyclic) bond motifs is 6. The summed E-state index contributed by atoms with van der Waals surface area (Å²) in [5.41, 5.74) is -1.60. The smallest absolute Gasteiger partial charge is 0.309 e. The largest absolute Gasteiger partial charge is 0.418 e. The van der Waals surface area contributed by atoms with E-state index in [1.54, 1.807) is 48.5 Å². The Kier molecular flexibility index (Phi) is 7.10. The van der Waals surface area contributed by atoms with E-state index in [4.69, 9.17) is 0 Å². The van der Waals surface area contributed by atoms with Gasteiger partial charge in [0.15, 0.2) is 0 Å². The van der Waals surface area contributed by atoms with Crippen LogP contribution in [0.5, 0.6) is 0 Å². The second-order valence-electron chi connectivity index (χ2n) is 12.4. The minimum absolute atomic E-state index is 0.109. The standard InChI is InChI=1S/C40H23F9N2/c1-22-10-14-28-26-6-2-4-8-32(26)50(34(28)18-22)36-19-23(11-16-30(36)39(44,45)46)24-12-17-31(40(47,48)49)37(20-24)51-33-9-5-3-7-27(33)29-15-13-25(21-35(29)51)38(41,42)43/h2-21H,1H3. The molecule has 0 saturated heterocycles. The van der Waals surface area contributed by atoms with Crippen molar-refractivity contribution >= 4 is 43.6 Å². The highest BCUT2D eigenvalue weighted by Gasteiger charge is 2.37. The molecule has 51 heavy (non-hydrogen) atoms. The summed E-state index contributed by atoms with van der Waals surface area (Å²) in [6, 6.07) is 28.2. The number of rotatable bonds is 3. The van der Waals surface area contributed by atoms with Gasteiger partial charge in [0.1, 0.15) is 0 Å². The summed E-state index contributed by atoms with van der Waals surface area (Å²) >= 11 is 0. The third-order valence-electron chi connectivity index (χ3n) is 9.25. The number of benzene rings is 6. The van der Waals surface area contributed by atoms with E-state index in [1.807, 2.05) is 19.1 Å². The molecule has 2 heterocycles. The summed E-state index contributed by atoms with van der Waals surface area (Å²) in [5.74, 6) is 0. The minimum atomic E-state index is -4.93. The zero-order valence-corrected chi connectivity index (χ0v) is 26.3. The lowest BCUT2D eigenvalue weighted by Gasteiger charge is -2.20. The Hall–Kier alpha value is -5.71. The maximum atomic E-state index is 14.7. The van der Waals surface area contributed by atoms with Crippen molar-refractivity contribution in [3.05, 3.63) is 144 Å². The molecule has 2 aromatic heterocycles. The van der Waals surface area contributed by atoms with Crippen molar-refractivity contribution in [2.24, 2.45) is 0 Å². The van der Waals surface area contributed by atoms with Crippen LogP contribution in [0.1, 0.15) is 22.3 Å². The van der Waals surface area contributed by atoms with Crippen molar-refractivity contribution in [1.29, 1.82) is 0 Å². The average Bonchev–Trinajstić information content (AvgIpc) is 3.58. The van der Waals surface area contributed by atoms with Gasteiger partial charge in [0.25, 0.3) is 0 Å². The van der Waals surface area contributed by atoms with E-state index in [-0.39, 0.29) is 27.8 Å². The number of nitrogens with zero attached hydrogens (tertiary/aromatic N) is 2. The van der Waals surface area contributed by atoms with E-state index in [9.17, 15) is 39.5 Å². The predicted molar refractivity (Wildman–Crippen MR) is 180 cm³/mol. The van der Waals surface area contributed by atoms with Gasteiger partial charge in [0, 0.05) is 21.5 Å². The van der Waals surface area contributed by atoms with E-state index in [0.29, 0.717) is 27.2 Å². The molecule has 256 valence electrons. The van der Waals surface area contributed by atoms with Gasteiger partial charge in [-0.3, -0.25) is 0 Å². The Bertz CT molecular complexity index is 2670. The second-order valence-corrected chi connectivity index (χ2v) is 12.4. The highest BCUT2D eigenvalue weighted by atomic mass is 19.4. The van der Waals surface area contributed by atoms with Gasteiger partial charge in [-0.05, 0) is 78.2 Å². The molecule has 0 aliphatic carbocycles. The molecule has 2 nitrogen and oxygen atoms in total. The first-order chi connectivity index (χ1) is 24.1. The molecule has 0 unspecified atom stereocenters. The maximum absolute atomic E-state index is 14.7. The fourth-order valence-electron chi connectivity index (χ4n) is 7.02. The first-order valence-corrected chi connectivity index (χ1v) is 15.6. The molecule has 0 N–H and O–H groups in total. The summed E-state index contributed by atoms with van der Waals surface area (Å²) < 4.78 is 132. The number of hydrogen-bond donors (Lipinski definition) is 0. The number of halogens is 9. The number of hydrogen-bond acceptors (Lipinski definition) is 0. The van der Waals surface area contributed by atoms with Gasteiger partial charge >= 0.3 is 18.5 Å². The van der Waals surface area contributed by atoms with E-state index in [2.05, 4.69) is 0 Å². The lowest BCUT2D eigenvalue weighted by atomic mass is 9.98. The van der Waals surface area contributed by atoms with Crippen molar-refractivity contribution in [3.63, 3.8) is 0 Å². The van der Waals surface area contributed by atoms with Crippen LogP contribution < -0.4 is 0 Å². The molecule has 0 aliphatic heterocycles. The van der Waals surface area contributed by atoms with Crippen LogP contribution in [0, 0.1) is 6.92 Å². The summed E-state index contributed by atoms with van der Waals surface area (Å²) in [6.07, 6.45) is -14.5. The van der Waals surface area contributed by atoms with Crippen LogP contribution in [0.3, 0.4) is 0 Å². The van der Waals surface area contributed by atoms with Crippen molar-refractivity contribution in [2.45, 2.75) is 25.5 Å². The van der Waals surface area contributed by atoms with Crippen LogP contribution in [0.15, 0.2) is 121 Å². The third-order valence-corrected chi connectivity index (χ3v) is 9.25. The van der Waals surface area contributed by atoms with Crippen LogP contribution in [-0.4, -0.2) is 9.13 Å². The molecule has 0 saturated carbocycles. The molecule has 8 rings (SSSR count). The zero-order chi connectivity index (χ0) is 36.0. The fraction of sp³-hybridized carbons (Fsp3) is 0.100. The normalized spacial score (nSPS) is 12.9. The van der Waals surface area contributed by atoms with Gasteiger partial charge < -0.3 is 9.13 Å². The van der Waals surface area contributed by atoms with Gasteiger partial charge in [0.05, 0.1) is 50.1 Å². The van der Waals surface area contributed by atoms with Crippen LogP contribution in [0.25, 0.3) is 66.1 Å². The number of aryl methyl sites for hydroxylation is 1. The molecule has 8 aromatic rings. The average molecular weight is 703 g/mol. The molecule has 0 atom stereocenters. The monoisotopic (exact) mass is 702 g/mol. The van der Waals surface area contributed by atoms with Crippen molar-refractivity contribution in [1.82, 2.24) is 9.13 Å². The van der Waals surface area contributed by atoms with E-state index < -0.39 is 40.9 Å². The molecular weight excluding hydrogens is 679 g/mol. The fourth-order valence-corrected chi connectivity index (χ4v) is 7.02. The number of alkyl halides is 9. The van der Waals surface area contributed by atoms with Gasteiger partial charge in [-0.15, -0.1) is 0 Å². The van der Waals surface area contributed by atoms with Gasteiger partial charge in [0.2, 0.25) is 0 Å². The highest BCUT2D eigenvalue weighted by molar-refractivity contribution is 6.10. The van der Waals surface area contributed by atoms with Gasteiger partial charge in [-0.1, -0.05) is 66.7 Å². The molecular formula is C40H23F9N2. The van der Waals surface area contributed by atoms with E-state index in [1.165, 1.54) is 28.8 Å². The maximum Gasteiger partial charge on any atom is 0.418 e. The molecule has 0 bridgehead atoms. The quantitative estimate of drug-likeness (QED) is 0.162. The van der Waals surface area contributed by atoms with Crippen molar-refractivity contribution in [2.75, 3.05) is 0 Å². The summed E-state index contributed by atoms with van der Waals surface area (Å²) in [5, 5.41) is 2.16. The lowest BCUT2D eigenvalue weighted by Crippen LogP contribution is -2.12. The topological polar surface area (TPSA) is 9.86 Å². The van der Waals surface area contributed by atoms with E-state index >= 15 is 0 Å². The number of para-hydroxylation sites is 2.